The second kappa shape index (κ2) is 7.89. The minimum atomic E-state index is -3.73. The summed E-state index contributed by atoms with van der Waals surface area (Å²) in [7, 11) is 0.272. The molecule has 1 N–H and O–H groups in total. The Morgan fingerprint density at radius 3 is 2.28 bits per heavy atom. The van der Waals surface area contributed by atoms with E-state index in [1.165, 1.54) is 33.5 Å². The van der Waals surface area contributed by atoms with Gasteiger partial charge < -0.3 is 14.2 Å². The topological polar surface area (TPSA) is 90.9 Å². The highest BCUT2D eigenvalue weighted by Gasteiger charge is 2.21. The SMILES string of the molecule is COC(=O)c1cc(NS(=O)(=O)Cc2ccccc2)c(OC)c(OC)c1. The number of anilines is 1. The van der Waals surface area contributed by atoms with Gasteiger partial charge in [0.25, 0.3) is 0 Å². The molecule has 0 aliphatic carbocycles. The summed E-state index contributed by atoms with van der Waals surface area (Å²) in [6.07, 6.45) is 0. The molecule has 8 heteroatoms. The quantitative estimate of drug-likeness (QED) is 0.758. The minimum Gasteiger partial charge on any atom is -0.493 e. The normalized spacial score (nSPS) is 10.8. The summed E-state index contributed by atoms with van der Waals surface area (Å²) in [6.45, 7) is 0. The van der Waals surface area contributed by atoms with Crippen LogP contribution < -0.4 is 14.2 Å². The van der Waals surface area contributed by atoms with E-state index in [1.54, 1.807) is 30.3 Å². The van der Waals surface area contributed by atoms with Crippen LogP contribution in [0, 0.1) is 0 Å². The van der Waals surface area contributed by atoms with Crippen LogP contribution in [0.4, 0.5) is 5.69 Å². The predicted molar refractivity (Wildman–Crippen MR) is 93.6 cm³/mol. The molecule has 2 rings (SSSR count). The number of nitrogens with one attached hydrogen (secondary N) is 1. The van der Waals surface area contributed by atoms with E-state index in [9.17, 15) is 13.2 Å². The van der Waals surface area contributed by atoms with Crippen molar-refractivity contribution in [2.75, 3.05) is 26.1 Å². The van der Waals surface area contributed by atoms with Crippen molar-refractivity contribution in [3.05, 3.63) is 53.6 Å². The van der Waals surface area contributed by atoms with Gasteiger partial charge in [0.05, 0.1) is 38.3 Å². The molecule has 0 aromatic heterocycles. The second-order valence-corrected chi connectivity index (χ2v) is 6.82. The zero-order valence-corrected chi connectivity index (χ0v) is 14.9. The third-order valence-electron chi connectivity index (χ3n) is 3.36. The minimum absolute atomic E-state index is 0.0955. The van der Waals surface area contributed by atoms with Crippen molar-refractivity contribution < 1.29 is 27.4 Å². The fourth-order valence-corrected chi connectivity index (χ4v) is 3.46. The van der Waals surface area contributed by atoms with Crippen LogP contribution in [-0.2, 0) is 20.5 Å². The van der Waals surface area contributed by atoms with Gasteiger partial charge >= 0.3 is 5.97 Å². The molecule has 0 saturated heterocycles. The summed E-state index contributed by atoms with van der Waals surface area (Å²) in [5, 5.41) is 0. The Balaban J connectivity index is 2.41. The summed E-state index contributed by atoms with van der Waals surface area (Å²) in [5.41, 5.74) is 0.862. The van der Waals surface area contributed by atoms with Gasteiger partial charge in [0.15, 0.2) is 11.5 Å². The Morgan fingerprint density at radius 2 is 1.72 bits per heavy atom. The lowest BCUT2D eigenvalue weighted by molar-refractivity contribution is 0.0600. The number of esters is 1. The lowest BCUT2D eigenvalue weighted by Crippen LogP contribution is -2.16. The molecule has 0 atom stereocenters. The first-order valence-electron chi connectivity index (χ1n) is 7.29. The number of hydrogen-bond acceptors (Lipinski definition) is 6. The van der Waals surface area contributed by atoms with E-state index in [0.717, 1.165) is 0 Å². The van der Waals surface area contributed by atoms with Gasteiger partial charge in [-0.05, 0) is 17.7 Å². The zero-order valence-electron chi connectivity index (χ0n) is 14.1. The summed E-state index contributed by atoms with van der Waals surface area (Å²) in [5.74, 6) is -0.457. The summed E-state index contributed by atoms with van der Waals surface area (Å²) >= 11 is 0. The van der Waals surface area contributed by atoms with Gasteiger partial charge in [-0.2, -0.15) is 0 Å². The van der Waals surface area contributed by atoms with Gasteiger partial charge in [-0.15, -0.1) is 0 Å². The van der Waals surface area contributed by atoms with Gasteiger partial charge in [0.1, 0.15) is 0 Å². The maximum Gasteiger partial charge on any atom is 0.338 e. The molecule has 134 valence electrons. The van der Waals surface area contributed by atoms with Gasteiger partial charge in [0, 0.05) is 0 Å². The van der Waals surface area contributed by atoms with E-state index >= 15 is 0 Å². The number of sulfonamides is 1. The first kappa shape index (κ1) is 18.6. The Labute approximate surface area is 146 Å². The first-order chi connectivity index (χ1) is 11.9. The largest absolute Gasteiger partial charge is 0.493 e. The first-order valence-corrected chi connectivity index (χ1v) is 8.94. The Bertz CT molecular complexity index is 849. The number of benzene rings is 2. The molecule has 0 heterocycles. The molecule has 0 aliphatic heterocycles. The molecule has 0 saturated carbocycles. The van der Waals surface area contributed by atoms with E-state index < -0.39 is 16.0 Å². The number of rotatable bonds is 7. The third-order valence-corrected chi connectivity index (χ3v) is 4.61. The van der Waals surface area contributed by atoms with Crippen molar-refractivity contribution in [1.82, 2.24) is 0 Å². The van der Waals surface area contributed by atoms with Crippen molar-refractivity contribution in [1.29, 1.82) is 0 Å². The second-order valence-electron chi connectivity index (χ2n) is 5.10. The average Bonchev–Trinajstić information content (AvgIpc) is 2.60. The molecule has 0 aliphatic rings. The highest BCUT2D eigenvalue weighted by molar-refractivity contribution is 7.91. The Morgan fingerprint density at radius 1 is 1.04 bits per heavy atom. The molecule has 2 aromatic rings. The Hall–Kier alpha value is -2.74. The van der Waals surface area contributed by atoms with Crippen LogP contribution in [0.25, 0.3) is 0 Å². The van der Waals surface area contributed by atoms with Crippen molar-refractivity contribution in [3.63, 3.8) is 0 Å². The highest BCUT2D eigenvalue weighted by atomic mass is 32.2. The van der Waals surface area contributed by atoms with Gasteiger partial charge in [-0.3, -0.25) is 4.72 Å². The van der Waals surface area contributed by atoms with E-state index in [4.69, 9.17) is 9.47 Å². The zero-order chi connectivity index (χ0) is 18.4. The molecule has 0 unspecified atom stereocenters. The molecular weight excluding hydrogens is 346 g/mol. The van der Waals surface area contributed by atoms with Crippen LogP contribution in [0.5, 0.6) is 11.5 Å². The molecule has 0 radical (unpaired) electrons. The summed E-state index contributed by atoms with van der Waals surface area (Å²) in [6, 6.07) is 11.5. The molecule has 0 fully saturated rings. The molecule has 0 bridgehead atoms. The maximum atomic E-state index is 12.5. The number of carbonyl (C=O) groups is 1. The van der Waals surface area contributed by atoms with Crippen LogP contribution >= 0.6 is 0 Å². The molecule has 2 aromatic carbocycles. The van der Waals surface area contributed by atoms with Gasteiger partial charge in [-0.25, -0.2) is 13.2 Å². The Kier molecular flexibility index (Phi) is 5.87. The van der Waals surface area contributed by atoms with E-state index in [2.05, 4.69) is 9.46 Å². The van der Waals surface area contributed by atoms with Crippen molar-refractivity contribution in [3.8, 4) is 11.5 Å². The monoisotopic (exact) mass is 365 g/mol. The number of ether oxygens (including phenoxy) is 3. The van der Waals surface area contributed by atoms with Crippen LogP contribution in [0.15, 0.2) is 42.5 Å². The molecule has 0 spiro atoms. The number of hydrogen-bond donors (Lipinski definition) is 1. The van der Waals surface area contributed by atoms with Crippen molar-refractivity contribution in [2.45, 2.75) is 5.75 Å². The third kappa shape index (κ3) is 4.63. The summed E-state index contributed by atoms with van der Waals surface area (Å²) < 4.78 is 42.5. The van der Waals surface area contributed by atoms with E-state index in [-0.39, 0.29) is 28.5 Å². The fourth-order valence-electron chi connectivity index (χ4n) is 2.27. The summed E-state index contributed by atoms with van der Waals surface area (Å²) in [4.78, 5) is 11.8. The number of carbonyl (C=O) groups excluding carboxylic acids is 1. The van der Waals surface area contributed by atoms with Gasteiger partial charge in [-0.1, -0.05) is 30.3 Å². The van der Waals surface area contributed by atoms with E-state index in [1.807, 2.05) is 0 Å². The van der Waals surface area contributed by atoms with Crippen LogP contribution in [0.2, 0.25) is 0 Å². The van der Waals surface area contributed by atoms with Crippen LogP contribution in [0.1, 0.15) is 15.9 Å². The standard InChI is InChI=1S/C17H19NO6S/c1-22-15-10-13(17(19)24-3)9-14(16(15)23-2)18-25(20,21)11-12-7-5-4-6-8-12/h4-10,18H,11H2,1-3H3. The lowest BCUT2D eigenvalue weighted by atomic mass is 10.1. The molecule has 25 heavy (non-hydrogen) atoms. The highest BCUT2D eigenvalue weighted by Crippen LogP contribution is 2.37. The maximum absolute atomic E-state index is 12.5. The smallest absolute Gasteiger partial charge is 0.338 e. The molecule has 7 nitrogen and oxygen atoms in total. The lowest BCUT2D eigenvalue weighted by Gasteiger charge is -2.16. The van der Waals surface area contributed by atoms with Gasteiger partial charge in [0.2, 0.25) is 10.0 Å². The van der Waals surface area contributed by atoms with Crippen molar-refractivity contribution in [2.24, 2.45) is 0 Å². The predicted octanol–water partition coefficient (Wildman–Crippen LogP) is 2.43. The van der Waals surface area contributed by atoms with Crippen molar-refractivity contribution >= 4 is 21.7 Å². The van der Waals surface area contributed by atoms with Crippen LogP contribution in [0.3, 0.4) is 0 Å². The van der Waals surface area contributed by atoms with Crippen LogP contribution in [-0.4, -0.2) is 35.7 Å². The number of methoxy groups -OCH3 is 3. The average molecular weight is 365 g/mol. The fraction of sp³-hybridized carbons (Fsp3) is 0.235. The van der Waals surface area contributed by atoms with E-state index in [0.29, 0.717) is 5.56 Å². The molecule has 0 amide bonds. The molecular formula is C17H19NO6S.